The van der Waals surface area contributed by atoms with E-state index in [1.807, 2.05) is 13.0 Å². The van der Waals surface area contributed by atoms with Gasteiger partial charge >= 0.3 is 0 Å². The minimum atomic E-state index is 0.0847. The maximum absolute atomic E-state index is 6.20. The zero-order valence-corrected chi connectivity index (χ0v) is 16.8. The van der Waals surface area contributed by atoms with Crippen LogP contribution < -0.4 is 20.6 Å². The second-order valence-electron chi connectivity index (χ2n) is 4.98. The van der Waals surface area contributed by atoms with Crippen molar-refractivity contribution in [1.82, 2.24) is 5.43 Å². The van der Waals surface area contributed by atoms with Crippen LogP contribution >= 0.6 is 47.0 Å². The fraction of sp³-hybridized carbons (Fsp3) is 0.176. The summed E-state index contributed by atoms with van der Waals surface area (Å²) in [5.41, 5.74) is 9.20. The van der Waals surface area contributed by atoms with Crippen LogP contribution in [0, 0.1) is 0 Å². The minimum Gasteiger partial charge on any atom is -0.490 e. The van der Waals surface area contributed by atoms with E-state index in [4.69, 9.17) is 50.0 Å². The van der Waals surface area contributed by atoms with Gasteiger partial charge in [-0.05, 0) is 55.0 Å². The van der Waals surface area contributed by atoms with E-state index >= 15 is 0 Å². The van der Waals surface area contributed by atoms with Crippen molar-refractivity contribution in [2.45, 2.75) is 13.5 Å². The maximum atomic E-state index is 6.20. The van der Waals surface area contributed by atoms with Gasteiger partial charge in [-0.3, -0.25) is 5.43 Å². The Morgan fingerprint density at radius 2 is 1.88 bits per heavy atom. The van der Waals surface area contributed by atoms with E-state index in [0.29, 0.717) is 38.7 Å². The number of ether oxygens (including phenoxy) is 2. The van der Waals surface area contributed by atoms with Gasteiger partial charge in [0.1, 0.15) is 6.61 Å². The molecule has 26 heavy (non-hydrogen) atoms. The van der Waals surface area contributed by atoms with Crippen LogP contribution in [0.2, 0.25) is 15.1 Å². The summed E-state index contributed by atoms with van der Waals surface area (Å²) in [6, 6.07) is 8.66. The molecule has 2 aromatic carbocycles. The number of hydrogen-bond donors (Lipinski definition) is 2. The van der Waals surface area contributed by atoms with Crippen molar-refractivity contribution in [1.29, 1.82) is 0 Å². The number of nitrogens with one attached hydrogen (secondary N) is 1. The molecule has 0 saturated carbocycles. The van der Waals surface area contributed by atoms with Crippen LogP contribution in [-0.2, 0) is 6.61 Å². The van der Waals surface area contributed by atoms with Crippen molar-refractivity contribution in [2.24, 2.45) is 10.8 Å². The quantitative estimate of drug-likeness (QED) is 0.285. The number of hydrogen-bond acceptors (Lipinski definition) is 4. The van der Waals surface area contributed by atoms with Crippen LogP contribution in [-0.4, -0.2) is 17.9 Å². The first kappa shape index (κ1) is 20.6. The lowest BCUT2D eigenvalue weighted by Gasteiger charge is -2.14. The number of nitrogens with two attached hydrogens (primary N) is 1. The average Bonchev–Trinajstić information content (AvgIpc) is 2.60. The van der Waals surface area contributed by atoms with Gasteiger partial charge in [-0.2, -0.15) is 5.10 Å². The Morgan fingerprint density at radius 3 is 2.58 bits per heavy atom. The highest BCUT2D eigenvalue weighted by atomic mass is 35.5. The Labute approximate surface area is 172 Å². The Kier molecular flexibility index (Phi) is 7.78. The summed E-state index contributed by atoms with van der Waals surface area (Å²) in [6.45, 7) is 2.50. The van der Waals surface area contributed by atoms with E-state index < -0.39 is 0 Å². The van der Waals surface area contributed by atoms with Gasteiger partial charge in [0, 0.05) is 10.6 Å². The van der Waals surface area contributed by atoms with Gasteiger partial charge in [0.2, 0.25) is 0 Å². The predicted molar refractivity (Wildman–Crippen MR) is 111 cm³/mol. The van der Waals surface area contributed by atoms with Crippen molar-refractivity contribution in [3.05, 3.63) is 56.5 Å². The zero-order chi connectivity index (χ0) is 19.1. The van der Waals surface area contributed by atoms with E-state index in [0.717, 1.165) is 5.56 Å². The highest BCUT2D eigenvalue weighted by molar-refractivity contribution is 7.80. The molecule has 0 aromatic heterocycles. The molecule has 0 heterocycles. The summed E-state index contributed by atoms with van der Waals surface area (Å²) in [5, 5.41) is 5.25. The molecule has 0 aliphatic rings. The lowest BCUT2D eigenvalue weighted by atomic mass is 10.2. The van der Waals surface area contributed by atoms with Crippen LogP contribution in [0.4, 0.5) is 0 Å². The third kappa shape index (κ3) is 5.64. The van der Waals surface area contributed by atoms with Gasteiger partial charge in [-0.15, -0.1) is 0 Å². The first-order valence-electron chi connectivity index (χ1n) is 7.53. The second-order valence-corrected chi connectivity index (χ2v) is 6.62. The van der Waals surface area contributed by atoms with Gasteiger partial charge in [0.15, 0.2) is 16.6 Å². The largest absolute Gasteiger partial charge is 0.490 e. The van der Waals surface area contributed by atoms with Crippen molar-refractivity contribution < 1.29 is 9.47 Å². The zero-order valence-electron chi connectivity index (χ0n) is 13.8. The molecule has 2 aromatic rings. The average molecular weight is 433 g/mol. The molecule has 9 heteroatoms. The van der Waals surface area contributed by atoms with Gasteiger partial charge in [0.05, 0.1) is 22.9 Å². The smallest absolute Gasteiger partial charge is 0.184 e. The van der Waals surface area contributed by atoms with Crippen LogP contribution in [0.1, 0.15) is 18.1 Å². The van der Waals surface area contributed by atoms with E-state index in [-0.39, 0.29) is 11.7 Å². The molecule has 0 unspecified atom stereocenters. The van der Waals surface area contributed by atoms with E-state index in [1.165, 1.54) is 0 Å². The summed E-state index contributed by atoms with van der Waals surface area (Å²) >= 11 is 23.1. The van der Waals surface area contributed by atoms with Crippen LogP contribution in [0.5, 0.6) is 11.5 Å². The lowest BCUT2D eigenvalue weighted by molar-refractivity contribution is 0.269. The second kappa shape index (κ2) is 9.83. The number of benzene rings is 2. The lowest BCUT2D eigenvalue weighted by Crippen LogP contribution is -2.23. The highest BCUT2D eigenvalue weighted by Gasteiger charge is 2.12. The molecular formula is C17H16Cl3N3O2S. The predicted octanol–water partition coefficient (Wildman–Crippen LogP) is 4.79. The standard InChI is InChI=1S/C17H16Cl3N3O2S/c1-2-24-15-7-10(8-22-23-17(21)26)3-6-14(15)25-9-11-12(18)4-5-13(19)16(11)20/h3-8H,2,9H2,1H3,(H3,21,23,26)/b22-8+. The number of thiocarbonyl (C=S) groups is 1. The van der Waals surface area contributed by atoms with Crippen molar-refractivity contribution in [3.8, 4) is 11.5 Å². The molecule has 0 aliphatic heterocycles. The van der Waals surface area contributed by atoms with E-state index in [9.17, 15) is 0 Å². The molecule has 0 aliphatic carbocycles. The molecule has 2 rings (SSSR count). The van der Waals surface area contributed by atoms with Gasteiger partial charge in [-0.1, -0.05) is 34.8 Å². The maximum Gasteiger partial charge on any atom is 0.184 e. The SMILES string of the molecule is CCOc1cc(/C=N/NC(N)=S)ccc1OCc1c(Cl)ccc(Cl)c1Cl. The number of hydrazone groups is 1. The molecule has 0 bridgehead atoms. The molecule has 0 saturated heterocycles. The Balaban J connectivity index is 2.20. The fourth-order valence-electron chi connectivity index (χ4n) is 2.01. The van der Waals surface area contributed by atoms with Gasteiger partial charge in [0.25, 0.3) is 0 Å². The van der Waals surface area contributed by atoms with Crippen LogP contribution in [0.15, 0.2) is 35.4 Å². The summed E-state index contributed by atoms with van der Waals surface area (Å²) in [6.07, 6.45) is 1.57. The highest BCUT2D eigenvalue weighted by Crippen LogP contribution is 2.34. The van der Waals surface area contributed by atoms with Crippen molar-refractivity contribution in [3.63, 3.8) is 0 Å². The molecule has 3 N–H and O–H groups in total. The number of nitrogens with zero attached hydrogens (tertiary/aromatic N) is 1. The topological polar surface area (TPSA) is 68.9 Å². The first-order chi connectivity index (χ1) is 12.4. The van der Waals surface area contributed by atoms with Crippen molar-refractivity contribution in [2.75, 3.05) is 6.61 Å². The summed E-state index contributed by atoms with van der Waals surface area (Å²) in [7, 11) is 0. The van der Waals surface area contributed by atoms with Crippen LogP contribution in [0.3, 0.4) is 0 Å². The molecule has 0 amide bonds. The van der Waals surface area contributed by atoms with Crippen molar-refractivity contribution >= 4 is 58.3 Å². The number of rotatable bonds is 7. The van der Waals surface area contributed by atoms with Gasteiger partial charge in [-0.25, -0.2) is 0 Å². The number of halogens is 3. The van der Waals surface area contributed by atoms with E-state index in [1.54, 1.807) is 30.5 Å². The molecule has 0 spiro atoms. The van der Waals surface area contributed by atoms with Gasteiger partial charge < -0.3 is 15.2 Å². The fourth-order valence-corrected chi connectivity index (χ4v) is 2.72. The molecule has 0 fully saturated rings. The third-order valence-electron chi connectivity index (χ3n) is 3.17. The Bertz CT molecular complexity index is 831. The normalized spacial score (nSPS) is 10.8. The molecular weight excluding hydrogens is 417 g/mol. The summed E-state index contributed by atoms with van der Waals surface area (Å²) in [4.78, 5) is 0. The Hall–Kier alpha value is -1.73. The molecule has 138 valence electrons. The first-order valence-corrected chi connectivity index (χ1v) is 9.07. The Morgan fingerprint density at radius 1 is 1.15 bits per heavy atom. The summed E-state index contributed by atoms with van der Waals surface area (Å²) in [5.74, 6) is 1.10. The third-order valence-corrected chi connectivity index (χ3v) is 4.46. The molecule has 0 atom stereocenters. The molecule has 0 radical (unpaired) electrons. The minimum absolute atomic E-state index is 0.0847. The van der Waals surface area contributed by atoms with E-state index in [2.05, 4.69) is 22.7 Å². The van der Waals surface area contributed by atoms with Crippen LogP contribution in [0.25, 0.3) is 0 Å². The summed E-state index contributed by atoms with van der Waals surface area (Å²) < 4.78 is 11.5. The molecule has 5 nitrogen and oxygen atoms in total. The monoisotopic (exact) mass is 431 g/mol.